The van der Waals surface area contributed by atoms with Crippen LogP contribution in [0.5, 0.6) is 0 Å². The summed E-state index contributed by atoms with van der Waals surface area (Å²) in [5.74, 6) is 0.716. The van der Waals surface area contributed by atoms with Crippen molar-refractivity contribution in [1.82, 2.24) is 14.4 Å². The molecule has 0 aliphatic rings. The molecule has 0 unspecified atom stereocenters. The van der Waals surface area contributed by atoms with Gasteiger partial charge in [-0.2, -0.15) is 0 Å². The highest BCUT2D eigenvalue weighted by atomic mass is 14.9. The molecule has 0 fully saturated rings. The third kappa shape index (κ3) is 5.28. The molecule has 11 rings (SSSR count). The minimum Gasteiger partial charge on any atom is -0.308 e. The third-order valence-corrected chi connectivity index (χ3v) is 11.0. The number of para-hydroxylation sites is 2. The maximum absolute atomic E-state index is 5.07. The van der Waals surface area contributed by atoms with Gasteiger partial charge in [-0.05, 0) is 63.7 Å². The van der Waals surface area contributed by atoms with E-state index in [1.165, 1.54) is 60.3 Å². The average molecular weight is 700 g/mol. The zero-order valence-electron chi connectivity index (χ0n) is 29.9. The van der Waals surface area contributed by atoms with E-state index in [4.69, 9.17) is 9.97 Å². The van der Waals surface area contributed by atoms with Gasteiger partial charge in [0.1, 0.15) is 0 Å². The van der Waals surface area contributed by atoms with Gasteiger partial charge < -0.3 is 4.40 Å². The van der Waals surface area contributed by atoms with Crippen LogP contribution < -0.4 is 0 Å². The summed E-state index contributed by atoms with van der Waals surface area (Å²) in [4.78, 5) is 10.0. The minimum atomic E-state index is 0.716. The lowest BCUT2D eigenvalue weighted by Gasteiger charge is -2.11. The standard InChI is InChI=1S/C52H33N3/c1-3-12-36(13-4-1)47-33-48(54-52(53-47)37-14-5-2-6-15-37)42-19-10-18-40(31-42)39-17-9-16-38(30-39)34-24-26-35(27-25-34)41-28-29-44-46-22-11-21-45-43-20-7-8-23-49(43)55(51(45)46)50(44)32-41/h1-33H. The van der Waals surface area contributed by atoms with Gasteiger partial charge in [0, 0.05) is 38.2 Å². The van der Waals surface area contributed by atoms with Crippen LogP contribution >= 0.6 is 0 Å². The van der Waals surface area contributed by atoms with Crippen LogP contribution in [0.4, 0.5) is 0 Å². The van der Waals surface area contributed by atoms with Crippen LogP contribution in [0.1, 0.15) is 0 Å². The average Bonchev–Trinajstić information content (AvgIpc) is 3.79. The Kier molecular flexibility index (Phi) is 7.17. The van der Waals surface area contributed by atoms with E-state index in [-0.39, 0.29) is 0 Å². The van der Waals surface area contributed by atoms with Crippen molar-refractivity contribution in [3.8, 4) is 67.3 Å². The summed E-state index contributed by atoms with van der Waals surface area (Å²) < 4.78 is 2.45. The van der Waals surface area contributed by atoms with E-state index in [9.17, 15) is 0 Å². The van der Waals surface area contributed by atoms with Crippen molar-refractivity contribution in [3.05, 3.63) is 200 Å². The Morgan fingerprint density at radius 1 is 0.273 bits per heavy atom. The molecule has 55 heavy (non-hydrogen) atoms. The Hall–Kier alpha value is -7.36. The molecule has 0 aliphatic carbocycles. The molecule has 0 bridgehead atoms. The van der Waals surface area contributed by atoms with Crippen LogP contribution in [0.2, 0.25) is 0 Å². The summed E-state index contributed by atoms with van der Waals surface area (Å²) in [6.07, 6.45) is 0. The predicted octanol–water partition coefficient (Wildman–Crippen LogP) is 13.6. The molecule has 0 N–H and O–H groups in total. The molecule has 0 saturated carbocycles. The Labute approximate surface area is 318 Å². The number of hydrogen-bond donors (Lipinski definition) is 0. The van der Waals surface area contributed by atoms with Crippen LogP contribution in [0.3, 0.4) is 0 Å². The molecule has 0 amide bonds. The first-order valence-electron chi connectivity index (χ1n) is 18.7. The maximum Gasteiger partial charge on any atom is 0.160 e. The Bertz CT molecular complexity index is 3120. The smallest absolute Gasteiger partial charge is 0.160 e. The first kappa shape index (κ1) is 31.2. The van der Waals surface area contributed by atoms with E-state index in [1.807, 2.05) is 36.4 Å². The van der Waals surface area contributed by atoms with Crippen molar-refractivity contribution < 1.29 is 0 Å². The SMILES string of the molecule is c1ccc(-c2cc(-c3cccc(-c4cccc(-c5ccc(-c6ccc7c8cccc9c%10ccccc%10n(c7c6)c98)cc5)c4)c3)nc(-c3ccccc3)n2)cc1. The molecule has 0 spiro atoms. The van der Waals surface area contributed by atoms with Gasteiger partial charge in [-0.15, -0.1) is 0 Å². The predicted molar refractivity (Wildman–Crippen MR) is 229 cm³/mol. The lowest BCUT2D eigenvalue weighted by atomic mass is 9.95. The van der Waals surface area contributed by atoms with Gasteiger partial charge in [-0.25, -0.2) is 9.97 Å². The second kappa shape index (κ2) is 12.6. The summed E-state index contributed by atoms with van der Waals surface area (Å²) in [5, 5.41) is 5.22. The third-order valence-electron chi connectivity index (χ3n) is 11.0. The van der Waals surface area contributed by atoms with Crippen LogP contribution in [0.25, 0.3) is 105 Å². The summed E-state index contributed by atoms with van der Waals surface area (Å²) in [5.41, 5.74) is 15.8. The van der Waals surface area contributed by atoms with Gasteiger partial charge in [0.15, 0.2) is 5.82 Å². The number of benzene rings is 8. The van der Waals surface area contributed by atoms with Gasteiger partial charge in [0.25, 0.3) is 0 Å². The molecular weight excluding hydrogens is 667 g/mol. The van der Waals surface area contributed by atoms with Crippen LogP contribution in [0.15, 0.2) is 200 Å². The number of hydrogen-bond acceptors (Lipinski definition) is 2. The van der Waals surface area contributed by atoms with E-state index in [1.54, 1.807) is 0 Å². The monoisotopic (exact) mass is 699 g/mol. The fourth-order valence-electron chi connectivity index (χ4n) is 8.27. The van der Waals surface area contributed by atoms with Gasteiger partial charge in [-0.1, -0.05) is 170 Å². The molecule has 256 valence electrons. The van der Waals surface area contributed by atoms with Crippen molar-refractivity contribution >= 4 is 38.1 Å². The van der Waals surface area contributed by atoms with E-state index in [2.05, 4.69) is 168 Å². The molecule has 0 radical (unpaired) electrons. The highest BCUT2D eigenvalue weighted by Crippen LogP contribution is 2.40. The molecular formula is C52H33N3. The summed E-state index contributed by atoms with van der Waals surface area (Å²) in [7, 11) is 0. The summed E-state index contributed by atoms with van der Waals surface area (Å²) in [6.45, 7) is 0. The number of rotatable bonds is 6. The van der Waals surface area contributed by atoms with Crippen LogP contribution in [-0.4, -0.2) is 14.4 Å². The fraction of sp³-hybridized carbons (Fsp3) is 0. The zero-order chi connectivity index (χ0) is 36.3. The van der Waals surface area contributed by atoms with Gasteiger partial charge in [-0.3, -0.25) is 0 Å². The maximum atomic E-state index is 5.07. The van der Waals surface area contributed by atoms with E-state index >= 15 is 0 Å². The van der Waals surface area contributed by atoms with Crippen molar-refractivity contribution in [2.45, 2.75) is 0 Å². The molecule has 8 aromatic carbocycles. The number of fused-ring (bicyclic) bond motifs is 6. The van der Waals surface area contributed by atoms with E-state index in [0.717, 1.165) is 39.2 Å². The molecule has 0 aliphatic heterocycles. The topological polar surface area (TPSA) is 30.2 Å². The Balaban J connectivity index is 0.931. The summed E-state index contributed by atoms with van der Waals surface area (Å²) >= 11 is 0. The second-order valence-electron chi connectivity index (χ2n) is 14.2. The highest BCUT2D eigenvalue weighted by Gasteiger charge is 2.17. The number of nitrogens with zero attached hydrogens (tertiary/aromatic N) is 3. The van der Waals surface area contributed by atoms with Crippen molar-refractivity contribution in [2.24, 2.45) is 0 Å². The zero-order valence-corrected chi connectivity index (χ0v) is 29.9. The Morgan fingerprint density at radius 3 is 1.42 bits per heavy atom. The van der Waals surface area contributed by atoms with Crippen LogP contribution in [-0.2, 0) is 0 Å². The summed E-state index contributed by atoms with van der Waals surface area (Å²) in [6, 6.07) is 71.4. The van der Waals surface area contributed by atoms with Crippen molar-refractivity contribution in [2.75, 3.05) is 0 Å². The quantitative estimate of drug-likeness (QED) is 0.173. The van der Waals surface area contributed by atoms with Gasteiger partial charge >= 0.3 is 0 Å². The molecule has 0 atom stereocenters. The Morgan fingerprint density at radius 2 is 0.727 bits per heavy atom. The van der Waals surface area contributed by atoms with E-state index in [0.29, 0.717) is 5.82 Å². The first-order valence-corrected chi connectivity index (χ1v) is 18.7. The van der Waals surface area contributed by atoms with Crippen molar-refractivity contribution in [3.63, 3.8) is 0 Å². The normalized spacial score (nSPS) is 11.6. The number of aromatic nitrogens is 3. The highest BCUT2D eigenvalue weighted by molar-refractivity contribution is 6.23. The molecule has 3 heteroatoms. The van der Waals surface area contributed by atoms with Gasteiger partial charge in [0.05, 0.1) is 27.9 Å². The van der Waals surface area contributed by atoms with Crippen LogP contribution in [0, 0.1) is 0 Å². The first-order chi connectivity index (χ1) is 27.2. The van der Waals surface area contributed by atoms with Crippen molar-refractivity contribution in [1.29, 1.82) is 0 Å². The molecule has 3 nitrogen and oxygen atoms in total. The molecule has 3 aromatic heterocycles. The second-order valence-corrected chi connectivity index (χ2v) is 14.2. The minimum absolute atomic E-state index is 0.716. The molecule has 11 aromatic rings. The van der Waals surface area contributed by atoms with E-state index < -0.39 is 0 Å². The molecule has 0 saturated heterocycles. The fourth-order valence-corrected chi connectivity index (χ4v) is 8.27. The lowest BCUT2D eigenvalue weighted by molar-refractivity contribution is 1.18. The lowest BCUT2D eigenvalue weighted by Crippen LogP contribution is -1.96. The molecule has 3 heterocycles. The largest absolute Gasteiger partial charge is 0.308 e. The van der Waals surface area contributed by atoms with Gasteiger partial charge in [0.2, 0.25) is 0 Å².